The topological polar surface area (TPSA) is 87.1 Å². The van der Waals surface area contributed by atoms with E-state index in [-0.39, 0.29) is 40.2 Å². The molecular formula is C27H38O5. The number of carbonyl (C=O) groups excluding carboxylic acids is 2. The molecule has 3 rings (SSSR count). The van der Waals surface area contributed by atoms with Crippen LogP contribution in [0.5, 0.6) is 11.5 Å². The van der Waals surface area contributed by atoms with Crippen molar-refractivity contribution in [2.75, 3.05) is 0 Å². The highest BCUT2D eigenvalue weighted by Crippen LogP contribution is 2.57. The molecule has 1 saturated heterocycles. The molecule has 1 heterocycles. The zero-order chi connectivity index (χ0) is 23.9. The number of hydrogen-bond donors (Lipinski definition) is 2. The molecule has 2 fully saturated rings. The number of rotatable bonds is 9. The van der Waals surface area contributed by atoms with Gasteiger partial charge in [0, 0.05) is 30.2 Å². The first-order valence-corrected chi connectivity index (χ1v) is 11.7. The number of ketones is 2. The first-order chi connectivity index (χ1) is 14.8. The highest BCUT2D eigenvalue weighted by atomic mass is 16.6. The number of carbonyl (C=O) groups is 2. The summed E-state index contributed by atoms with van der Waals surface area (Å²) >= 11 is 0. The van der Waals surface area contributed by atoms with Gasteiger partial charge in [0.15, 0.2) is 0 Å². The summed E-state index contributed by atoms with van der Waals surface area (Å²) in [5.41, 5.74) is 1.16. The SMILES string of the molecule is C/C(=C\Cc1cc(O)cc(C)c1O)CC(=O)C[C@@]1(C)CCC[C@@]1(C)C(=O)CC1OC1(C)C. The van der Waals surface area contributed by atoms with Crippen LogP contribution < -0.4 is 0 Å². The van der Waals surface area contributed by atoms with E-state index in [1.807, 2.05) is 33.8 Å². The molecule has 0 aromatic heterocycles. The molecule has 3 atom stereocenters. The van der Waals surface area contributed by atoms with E-state index < -0.39 is 5.41 Å². The van der Waals surface area contributed by atoms with Crippen LogP contribution >= 0.6 is 0 Å². The van der Waals surface area contributed by atoms with Crippen LogP contribution in [0.1, 0.15) is 84.3 Å². The Morgan fingerprint density at radius 2 is 1.81 bits per heavy atom. The number of epoxide rings is 1. The molecule has 1 aliphatic carbocycles. The van der Waals surface area contributed by atoms with Crippen LogP contribution in [0.25, 0.3) is 0 Å². The zero-order valence-corrected chi connectivity index (χ0v) is 20.4. The van der Waals surface area contributed by atoms with Crippen molar-refractivity contribution >= 4 is 11.6 Å². The monoisotopic (exact) mass is 442 g/mol. The van der Waals surface area contributed by atoms with Crippen LogP contribution in [0.15, 0.2) is 23.8 Å². The maximum absolute atomic E-state index is 13.2. The molecule has 1 saturated carbocycles. The molecule has 5 nitrogen and oxygen atoms in total. The van der Waals surface area contributed by atoms with Crippen LogP contribution in [0.4, 0.5) is 0 Å². The van der Waals surface area contributed by atoms with Crippen molar-refractivity contribution in [3.05, 3.63) is 34.9 Å². The van der Waals surface area contributed by atoms with Gasteiger partial charge < -0.3 is 14.9 Å². The van der Waals surface area contributed by atoms with Gasteiger partial charge in [-0.3, -0.25) is 9.59 Å². The molecule has 5 heteroatoms. The molecule has 0 radical (unpaired) electrons. The van der Waals surface area contributed by atoms with Crippen LogP contribution in [0.3, 0.4) is 0 Å². The molecule has 32 heavy (non-hydrogen) atoms. The Morgan fingerprint density at radius 1 is 1.16 bits per heavy atom. The van der Waals surface area contributed by atoms with Gasteiger partial charge in [-0.25, -0.2) is 0 Å². The maximum atomic E-state index is 13.2. The summed E-state index contributed by atoms with van der Waals surface area (Å²) < 4.78 is 5.64. The quantitative estimate of drug-likeness (QED) is 0.296. The van der Waals surface area contributed by atoms with E-state index >= 15 is 0 Å². The van der Waals surface area contributed by atoms with Crippen molar-refractivity contribution in [3.63, 3.8) is 0 Å². The number of phenols is 2. The number of allylic oxidation sites excluding steroid dienone is 2. The van der Waals surface area contributed by atoms with Crippen LogP contribution in [-0.4, -0.2) is 33.5 Å². The fourth-order valence-corrected chi connectivity index (χ4v) is 5.34. The number of benzene rings is 1. The summed E-state index contributed by atoms with van der Waals surface area (Å²) in [4.78, 5) is 26.2. The molecule has 1 unspecified atom stereocenters. The van der Waals surface area contributed by atoms with Gasteiger partial charge in [0.2, 0.25) is 0 Å². The highest BCUT2D eigenvalue weighted by molar-refractivity contribution is 5.88. The third-order valence-electron chi connectivity index (χ3n) is 7.99. The smallest absolute Gasteiger partial charge is 0.142 e. The van der Waals surface area contributed by atoms with E-state index in [2.05, 4.69) is 6.92 Å². The molecule has 1 aliphatic heterocycles. The maximum Gasteiger partial charge on any atom is 0.142 e. The molecule has 2 N–H and O–H groups in total. The van der Waals surface area contributed by atoms with Crippen molar-refractivity contribution < 1.29 is 24.5 Å². The number of hydrogen-bond acceptors (Lipinski definition) is 5. The molecule has 1 aromatic rings. The van der Waals surface area contributed by atoms with E-state index in [1.165, 1.54) is 6.07 Å². The lowest BCUT2D eigenvalue weighted by Crippen LogP contribution is -2.41. The van der Waals surface area contributed by atoms with E-state index in [4.69, 9.17) is 4.74 Å². The van der Waals surface area contributed by atoms with Gasteiger partial charge in [0.1, 0.15) is 23.1 Å². The molecule has 0 bridgehead atoms. The number of aromatic hydroxyl groups is 2. The van der Waals surface area contributed by atoms with Gasteiger partial charge in [0.25, 0.3) is 0 Å². The Balaban J connectivity index is 1.62. The molecule has 176 valence electrons. The number of phenolic OH excluding ortho intramolecular Hbond substituents is 2. The fraction of sp³-hybridized carbons (Fsp3) is 0.630. The third kappa shape index (κ3) is 4.93. The molecule has 0 amide bonds. The predicted octanol–water partition coefficient (Wildman–Crippen LogP) is 5.58. The lowest BCUT2D eigenvalue weighted by atomic mass is 9.62. The predicted molar refractivity (Wildman–Crippen MR) is 125 cm³/mol. The van der Waals surface area contributed by atoms with Gasteiger partial charge >= 0.3 is 0 Å². The fourth-order valence-electron chi connectivity index (χ4n) is 5.34. The highest BCUT2D eigenvalue weighted by Gasteiger charge is 2.56. The second kappa shape index (κ2) is 8.66. The summed E-state index contributed by atoms with van der Waals surface area (Å²) in [5.74, 6) is 0.661. The summed E-state index contributed by atoms with van der Waals surface area (Å²) in [5, 5.41) is 20.0. The summed E-state index contributed by atoms with van der Waals surface area (Å²) in [6.45, 7) is 11.8. The van der Waals surface area contributed by atoms with Crippen LogP contribution in [0, 0.1) is 17.8 Å². The zero-order valence-electron chi connectivity index (χ0n) is 20.4. The van der Waals surface area contributed by atoms with Gasteiger partial charge in [-0.1, -0.05) is 31.9 Å². The van der Waals surface area contributed by atoms with Gasteiger partial charge in [-0.2, -0.15) is 0 Å². The first kappa shape index (κ1) is 24.5. The third-order valence-corrected chi connectivity index (χ3v) is 7.99. The average Bonchev–Trinajstić information content (AvgIpc) is 3.15. The number of ether oxygens (including phenoxy) is 1. The molecular weight excluding hydrogens is 404 g/mol. The Bertz CT molecular complexity index is 944. The van der Waals surface area contributed by atoms with Gasteiger partial charge in [-0.15, -0.1) is 0 Å². The van der Waals surface area contributed by atoms with E-state index in [0.29, 0.717) is 36.8 Å². The number of aryl methyl sites for hydroxylation is 1. The Kier molecular flexibility index (Phi) is 6.63. The minimum absolute atomic E-state index is 0.00460. The molecule has 2 aliphatic rings. The van der Waals surface area contributed by atoms with E-state index in [9.17, 15) is 19.8 Å². The second-order valence-electron chi connectivity index (χ2n) is 11.0. The average molecular weight is 443 g/mol. The lowest BCUT2D eigenvalue weighted by molar-refractivity contribution is -0.135. The van der Waals surface area contributed by atoms with Crippen molar-refractivity contribution in [2.24, 2.45) is 10.8 Å². The van der Waals surface area contributed by atoms with Crippen LogP contribution in [0.2, 0.25) is 0 Å². The standard InChI is InChI=1S/C27H38O5/c1-17(8-9-19-14-20(28)13-18(2)24(19)31)12-21(29)16-26(5)10-7-11-27(26,6)22(30)15-23-25(3,4)32-23/h8,13-14,23,28,31H,7,9-12,15-16H2,1-6H3/b17-8+/t23?,26-,27+/m1/s1. The molecule has 0 spiro atoms. The Morgan fingerprint density at radius 3 is 2.44 bits per heavy atom. The second-order valence-corrected chi connectivity index (χ2v) is 11.0. The minimum Gasteiger partial charge on any atom is -0.508 e. The van der Waals surface area contributed by atoms with Crippen molar-refractivity contribution in [1.82, 2.24) is 0 Å². The summed E-state index contributed by atoms with van der Waals surface area (Å²) in [6, 6.07) is 3.07. The first-order valence-electron chi connectivity index (χ1n) is 11.7. The van der Waals surface area contributed by atoms with E-state index in [1.54, 1.807) is 13.0 Å². The number of Topliss-reactive ketones (excluding diaryl/α,β-unsaturated/α-hetero) is 2. The Hall–Kier alpha value is -2.14. The van der Waals surface area contributed by atoms with Gasteiger partial charge in [0.05, 0.1) is 11.7 Å². The molecule has 1 aromatic carbocycles. The normalized spacial score (nSPS) is 29.2. The van der Waals surface area contributed by atoms with Gasteiger partial charge in [-0.05, 0) is 70.1 Å². The van der Waals surface area contributed by atoms with Crippen molar-refractivity contribution in [2.45, 2.75) is 98.2 Å². The largest absolute Gasteiger partial charge is 0.508 e. The van der Waals surface area contributed by atoms with Crippen molar-refractivity contribution in [3.8, 4) is 11.5 Å². The Labute approximate surface area is 191 Å². The van der Waals surface area contributed by atoms with Crippen molar-refractivity contribution in [1.29, 1.82) is 0 Å². The lowest BCUT2D eigenvalue weighted by Gasteiger charge is -2.40. The summed E-state index contributed by atoms with van der Waals surface area (Å²) in [6.07, 6.45) is 6.20. The summed E-state index contributed by atoms with van der Waals surface area (Å²) in [7, 11) is 0. The minimum atomic E-state index is -0.493. The van der Waals surface area contributed by atoms with E-state index in [0.717, 1.165) is 24.8 Å². The van der Waals surface area contributed by atoms with Crippen LogP contribution in [-0.2, 0) is 20.7 Å².